The third-order valence-electron chi connectivity index (χ3n) is 4.95. The van der Waals surface area contributed by atoms with Crippen molar-refractivity contribution >= 4 is 23.7 Å². The molecule has 1 heterocycles. The third-order valence-corrected chi connectivity index (χ3v) is 5.28. The number of amides is 1. The lowest BCUT2D eigenvalue weighted by atomic mass is 9.87. The lowest BCUT2D eigenvalue weighted by molar-refractivity contribution is 0.0955. The van der Waals surface area contributed by atoms with E-state index in [-0.39, 0.29) is 11.3 Å². The minimum atomic E-state index is -0.335. The molecule has 1 N–H and O–H groups in total. The second kappa shape index (κ2) is 8.26. The van der Waals surface area contributed by atoms with Crippen molar-refractivity contribution in [1.82, 2.24) is 9.99 Å². The minimum Gasteiger partial charge on any atom is -0.318 e. The molecule has 0 aliphatic rings. The summed E-state index contributed by atoms with van der Waals surface area (Å²) in [6.45, 7) is 10.7. The maximum atomic E-state index is 12.2. The number of carbonyl (C=O) groups is 1. The summed E-state index contributed by atoms with van der Waals surface area (Å²) in [4.78, 5) is 12.2. The Morgan fingerprint density at radius 3 is 2.34 bits per heavy atom. The number of hydrazone groups is 1. The number of nitrogens with one attached hydrogen (secondary N) is 1. The zero-order valence-corrected chi connectivity index (χ0v) is 18.2. The number of carbonyl (C=O) groups excluding carboxylic acids is 1. The summed E-state index contributed by atoms with van der Waals surface area (Å²) in [7, 11) is 0. The van der Waals surface area contributed by atoms with Crippen LogP contribution in [0.15, 0.2) is 59.7 Å². The first-order chi connectivity index (χ1) is 13.7. The van der Waals surface area contributed by atoms with Crippen molar-refractivity contribution < 1.29 is 4.79 Å². The Hall–Kier alpha value is -2.85. The number of aromatic nitrogens is 1. The zero-order chi connectivity index (χ0) is 21.2. The molecule has 3 rings (SSSR count). The van der Waals surface area contributed by atoms with Crippen LogP contribution in [-0.2, 0) is 5.41 Å². The highest BCUT2D eigenvalue weighted by molar-refractivity contribution is 6.33. The van der Waals surface area contributed by atoms with Crippen molar-refractivity contribution in [2.45, 2.75) is 40.0 Å². The quantitative estimate of drug-likeness (QED) is 0.430. The van der Waals surface area contributed by atoms with E-state index >= 15 is 0 Å². The average molecular weight is 408 g/mol. The van der Waals surface area contributed by atoms with E-state index < -0.39 is 0 Å². The van der Waals surface area contributed by atoms with Crippen LogP contribution in [0.25, 0.3) is 5.69 Å². The summed E-state index contributed by atoms with van der Waals surface area (Å²) < 4.78 is 2.18. The molecule has 0 aliphatic carbocycles. The first kappa shape index (κ1) is 20.9. The molecule has 0 bridgehead atoms. The van der Waals surface area contributed by atoms with Gasteiger partial charge in [-0.1, -0.05) is 56.6 Å². The summed E-state index contributed by atoms with van der Waals surface area (Å²) in [5.41, 5.74) is 8.57. The van der Waals surface area contributed by atoms with Crippen molar-refractivity contribution in [3.8, 4) is 5.69 Å². The molecule has 1 aromatic heterocycles. The topological polar surface area (TPSA) is 46.4 Å². The van der Waals surface area contributed by atoms with Gasteiger partial charge in [-0.25, -0.2) is 5.43 Å². The smallest absolute Gasteiger partial charge is 0.272 e. The largest absolute Gasteiger partial charge is 0.318 e. The number of aryl methyl sites for hydroxylation is 1. The second-order valence-corrected chi connectivity index (χ2v) is 8.54. The van der Waals surface area contributed by atoms with Gasteiger partial charge in [0, 0.05) is 22.6 Å². The molecule has 1 amide bonds. The number of rotatable bonds is 4. The van der Waals surface area contributed by atoms with Gasteiger partial charge in [0.05, 0.1) is 16.8 Å². The first-order valence-electron chi connectivity index (χ1n) is 9.56. The van der Waals surface area contributed by atoms with Crippen LogP contribution in [0.5, 0.6) is 0 Å². The number of hydrogen-bond acceptors (Lipinski definition) is 2. The fourth-order valence-corrected chi connectivity index (χ4v) is 3.51. The van der Waals surface area contributed by atoms with Gasteiger partial charge in [0.25, 0.3) is 5.91 Å². The van der Waals surface area contributed by atoms with Gasteiger partial charge in [-0.3, -0.25) is 4.79 Å². The van der Waals surface area contributed by atoms with Gasteiger partial charge >= 0.3 is 0 Å². The molecule has 0 saturated heterocycles. The van der Waals surface area contributed by atoms with Crippen LogP contribution >= 0.6 is 11.6 Å². The van der Waals surface area contributed by atoms with Crippen molar-refractivity contribution in [3.05, 3.63) is 87.7 Å². The normalized spacial score (nSPS) is 11.8. The number of halogens is 1. The van der Waals surface area contributed by atoms with Gasteiger partial charge in [0.15, 0.2) is 0 Å². The van der Waals surface area contributed by atoms with Gasteiger partial charge < -0.3 is 4.57 Å². The Balaban J connectivity index is 1.80. The van der Waals surface area contributed by atoms with Gasteiger partial charge in [-0.2, -0.15) is 5.10 Å². The Morgan fingerprint density at radius 1 is 1.07 bits per heavy atom. The van der Waals surface area contributed by atoms with Gasteiger partial charge in [0.1, 0.15) is 0 Å². The molecule has 4 nitrogen and oxygen atoms in total. The van der Waals surface area contributed by atoms with Crippen LogP contribution in [0.1, 0.15) is 53.6 Å². The molecule has 0 aliphatic heterocycles. The van der Waals surface area contributed by atoms with Gasteiger partial charge in [-0.05, 0) is 55.2 Å². The summed E-state index contributed by atoms with van der Waals surface area (Å²) >= 11 is 6.06. The van der Waals surface area contributed by atoms with E-state index in [2.05, 4.69) is 73.1 Å². The van der Waals surface area contributed by atoms with Crippen LogP contribution in [0.2, 0.25) is 5.02 Å². The van der Waals surface area contributed by atoms with E-state index in [4.69, 9.17) is 11.6 Å². The molecule has 5 heteroatoms. The van der Waals surface area contributed by atoms with E-state index in [0.29, 0.717) is 10.6 Å². The molecule has 0 atom stereocenters. The van der Waals surface area contributed by atoms with Gasteiger partial charge in [0.2, 0.25) is 0 Å². The molecule has 0 radical (unpaired) electrons. The Labute approximate surface area is 177 Å². The molecule has 0 fully saturated rings. The standard InChI is InChI=1S/C24H26ClN3O/c1-16-14-18(15-26-27-23(29)21-8-6-7-9-22(21)25)17(2)28(16)20-12-10-19(11-13-20)24(3,4)5/h6-15H,1-5H3,(H,27,29). The molecule has 3 aromatic rings. The van der Waals surface area contributed by atoms with E-state index in [1.165, 1.54) is 5.56 Å². The van der Waals surface area contributed by atoms with Crippen molar-refractivity contribution in [1.29, 1.82) is 0 Å². The van der Waals surface area contributed by atoms with Crippen LogP contribution in [0.3, 0.4) is 0 Å². The van der Waals surface area contributed by atoms with Crippen molar-refractivity contribution in [2.24, 2.45) is 5.10 Å². The maximum Gasteiger partial charge on any atom is 0.272 e. The third kappa shape index (κ3) is 4.60. The summed E-state index contributed by atoms with van der Waals surface area (Å²) in [6, 6.07) is 17.6. The SMILES string of the molecule is Cc1cc(C=NNC(=O)c2ccccc2Cl)c(C)n1-c1ccc(C(C)(C)C)cc1. The monoisotopic (exact) mass is 407 g/mol. The highest BCUT2D eigenvalue weighted by atomic mass is 35.5. The minimum absolute atomic E-state index is 0.122. The Morgan fingerprint density at radius 2 is 1.72 bits per heavy atom. The van der Waals surface area contributed by atoms with Crippen LogP contribution < -0.4 is 5.43 Å². The predicted molar refractivity (Wildman–Crippen MR) is 120 cm³/mol. The molecule has 29 heavy (non-hydrogen) atoms. The fraction of sp³-hybridized carbons (Fsp3) is 0.250. The summed E-state index contributed by atoms with van der Waals surface area (Å²) in [5, 5.41) is 4.52. The summed E-state index contributed by atoms with van der Waals surface area (Å²) in [5.74, 6) is -0.335. The number of hydrogen-bond donors (Lipinski definition) is 1. The molecule has 0 saturated carbocycles. The molecule has 150 valence electrons. The van der Waals surface area contributed by atoms with Crippen molar-refractivity contribution in [2.75, 3.05) is 0 Å². The van der Waals surface area contributed by atoms with Gasteiger partial charge in [-0.15, -0.1) is 0 Å². The fourth-order valence-electron chi connectivity index (χ4n) is 3.29. The number of nitrogens with zero attached hydrogens (tertiary/aromatic N) is 2. The summed E-state index contributed by atoms with van der Waals surface area (Å²) in [6.07, 6.45) is 1.66. The highest BCUT2D eigenvalue weighted by Crippen LogP contribution is 2.25. The van der Waals surface area contributed by atoms with Crippen LogP contribution in [0.4, 0.5) is 0 Å². The lowest BCUT2D eigenvalue weighted by Crippen LogP contribution is -2.18. The van der Waals surface area contributed by atoms with Crippen molar-refractivity contribution in [3.63, 3.8) is 0 Å². The molecular weight excluding hydrogens is 382 g/mol. The van der Waals surface area contributed by atoms with E-state index in [1.54, 1.807) is 30.5 Å². The van der Waals surface area contributed by atoms with E-state index in [0.717, 1.165) is 22.6 Å². The maximum absolute atomic E-state index is 12.2. The highest BCUT2D eigenvalue weighted by Gasteiger charge is 2.15. The molecule has 2 aromatic carbocycles. The lowest BCUT2D eigenvalue weighted by Gasteiger charge is -2.20. The molecule has 0 unspecified atom stereocenters. The van der Waals surface area contributed by atoms with E-state index in [1.807, 2.05) is 6.92 Å². The van der Waals surface area contributed by atoms with Crippen LogP contribution in [-0.4, -0.2) is 16.7 Å². The Kier molecular flexibility index (Phi) is 5.94. The molecule has 0 spiro atoms. The zero-order valence-electron chi connectivity index (χ0n) is 17.5. The second-order valence-electron chi connectivity index (χ2n) is 8.14. The van der Waals surface area contributed by atoms with E-state index in [9.17, 15) is 4.79 Å². The Bertz CT molecular complexity index is 1060. The number of benzene rings is 2. The first-order valence-corrected chi connectivity index (χ1v) is 9.94. The van der Waals surface area contributed by atoms with Crippen LogP contribution in [0, 0.1) is 13.8 Å². The molecular formula is C24H26ClN3O. The predicted octanol–water partition coefficient (Wildman–Crippen LogP) is 5.81. The average Bonchev–Trinajstić information content (AvgIpc) is 2.95.